The van der Waals surface area contributed by atoms with Gasteiger partial charge in [0, 0.05) is 38.3 Å². The number of hydrogen-bond donors (Lipinski definition) is 0. The molecule has 7 aromatic rings. The monoisotopic (exact) mass is 659 g/mol. The first-order valence-electron chi connectivity index (χ1n) is 17.3. The molecule has 0 radical (unpaired) electrons. The summed E-state index contributed by atoms with van der Waals surface area (Å²) in [6, 6.07) is 50.9. The van der Waals surface area contributed by atoms with Crippen molar-refractivity contribution < 1.29 is 0 Å². The second-order valence-electron chi connectivity index (χ2n) is 13.7. The number of aryl methyl sites for hydroxylation is 2. The lowest BCUT2D eigenvalue weighted by Crippen LogP contribution is -2.38. The van der Waals surface area contributed by atoms with E-state index in [2.05, 4.69) is 166 Å². The van der Waals surface area contributed by atoms with Gasteiger partial charge in [-0.1, -0.05) is 162 Å². The molecule has 1 aromatic heterocycles. The fraction of sp³-hybridized carbons (Fsp3) is 0.109. The third kappa shape index (κ3) is 4.34. The number of aromatic nitrogens is 3. The van der Waals surface area contributed by atoms with Gasteiger partial charge in [0.25, 0.3) is 0 Å². The van der Waals surface area contributed by atoms with Crippen LogP contribution >= 0.6 is 11.8 Å². The van der Waals surface area contributed by atoms with Crippen LogP contribution in [0.4, 0.5) is 0 Å². The van der Waals surface area contributed by atoms with Crippen molar-refractivity contribution in [1.82, 2.24) is 15.0 Å². The molecule has 238 valence electrons. The van der Waals surface area contributed by atoms with Crippen LogP contribution in [0.25, 0.3) is 40.2 Å². The summed E-state index contributed by atoms with van der Waals surface area (Å²) < 4.78 is 0. The van der Waals surface area contributed by atoms with Crippen molar-refractivity contribution >= 4 is 17.8 Å². The maximum atomic E-state index is 5.11. The zero-order valence-corrected chi connectivity index (χ0v) is 28.7. The predicted molar refractivity (Wildman–Crippen MR) is 203 cm³/mol. The summed E-state index contributed by atoms with van der Waals surface area (Å²) in [6.07, 6.45) is 4.84. The number of nitrogens with zero attached hydrogens (tertiary/aromatic N) is 3. The highest BCUT2D eigenvalue weighted by atomic mass is 32.2. The van der Waals surface area contributed by atoms with E-state index in [4.69, 9.17) is 15.0 Å². The van der Waals surface area contributed by atoms with E-state index in [0.717, 1.165) is 16.7 Å². The number of rotatable bonds is 3. The molecule has 50 heavy (non-hydrogen) atoms. The summed E-state index contributed by atoms with van der Waals surface area (Å²) >= 11 is 1.86. The van der Waals surface area contributed by atoms with Crippen molar-refractivity contribution in [3.63, 3.8) is 0 Å². The van der Waals surface area contributed by atoms with E-state index in [1.165, 1.54) is 54.3 Å². The first-order valence-corrected chi connectivity index (χ1v) is 18.1. The minimum absolute atomic E-state index is 0.236. The van der Waals surface area contributed by atoms with Crippen molar-refractivity contribution in [2.45, 2.75) is 35.0 Å². The molecule has 0 amide bonds. The molecule has 0 fully saturated rings. The molecule has 0 bridgehead atoms. The zero-order valence-electron chi connectivity index (χ0n) is 27.8. The van der Waals surface area contributed by atoms with Gasteiger partial charge in [-0.05, 0) is 59.4 Å². The molecule has 3 nitrogen and oxygen atoms in total. The Labute approximate surface area is 296 Å². The van der Waals surface area contributed by atoms with E-state index in [1.807, 2.05) is 11.8 Å². The molecule has 3 aliphatic rings. The van der Waals surface area contributed by atoms with Crippen molar-refractivity contribution in [2.75, 3.05) is 0 Å². The van der Waals surface area contributed by atoms with Crippen LogP contribution in [-0.2, 0) is 5.41 Å². The molecular formula is C46H33N3S. The van der Waals surface area contributed by atoms with Crippen molar-refractivity contribution in [2.24, 2.45) is 5.92 Å². The Kier molecular flexibility index (Phi) is 6.59. The molecule has 0 saturated heterocycles. The van der Waals surface area contributed by atoms with E-state index >= 15 is 0 Å². The Bertz CT molecular complexity index is 2430. The van der Waals surface area contributed by atoms with Crippen molar-refractivity contribution in [3.8, 4) is 34.2 Å². The second kappa shape index (κ2) is 11.2. The van der Waals surface area contributed by atoms with E-state index in [-0.39, 0.29) is 17.3 Å². The summed E-state index contributed by atoms with van der Waals surface area (Å²) in [5.74, 6) is 2.54. The molecule has 1 aliphatic heterocycles. The molecule has 10 rings (SSSR count). The fourth-order valence-corrected chi connectivity index (χ4v) is 9.80. The van der Waals surface area contributed by atoms with E-state index < -0.39 is 0 Å². The lowest BCUT2D eigenvalue weighted by molar-refractivity contribution is 0.437. The quantitative estimate of drug-likeness (QED) is 0.189. The molecule has 2 heterocycles. The van der Waals surface area contributed by atoms with E-state index in [0.29, 0.717) is 17.5 Å². The summed E-state index contributed by atoms with van der Waals surface area (Å²) in [5, 5.41) is 0. The summed E-state index contributed by atoms with van der Waals surface area (Å²) in [6.45, 7) is 4.20. The Balaban J connectivity index is 1.19. The molecule has 0 N–H and O–H groups in total. The Morgan fingerprint density at radius 1 is 0.500 bits per heavy atom. The predicted octanol–water partition coefficient (Wildman–Crippen LogP) is 11.1. The van der Waals surface area contributed by atoms with Gasteiger partial charge in [0.15, 0.2) is 17.5 Å². The Hall–Kier alpha value is -5.58. The van der Waals surface area contributed by atoms with Gasteiger partial charge in [-0.3, -0.25) is 0 Å². The standard InChI is InChI=1S/C46H33N3S/c1-28-15-19-31(20-16-28)43-47-44(32-21-17-29(2)18-22-32)49-45(48-43)33-24-25-38-41(27-33)50-40-14-8-7-13-37(40)46(38)36-12-6-5-11-35(36)42-34-10-4-3-9-30(34)23-26-39(42)46/h3-27,39,42H,1-2H3. The fourth-order valence-electron chi connectivity index (χ4n) is 8.55. The summed E-state index contributed by atoms with van der Waals surface area (Å²) in [4.78, 5) is 17.8. The van der Waals surface area contributed by atoms with E-state index in [9.17, 15) is 0 Å². The molecule has 6 aromatic carbocycles. The topological polar surface area (TPSA) is 38.7 Å². The lowest BCUT2D eigenvalue weighted by Gasteiger charge is -2.44. The molecule has 3 unspecified atom stereocenters. The molecule has 1 spiro atoms. The first-order chi connectivity index (χ1) is 24.6. The number of fused-ring (bicyclic) bond motifs is 11. The highest BCUT2D eigenvalue weighted by Crippen LogP contribution is 2.66. The second-order valence-corrected chi connectivity index (χ2v) is 14.8. The van der Waals surface area contributed by atoms with Gasteiger partial charge in [0.2, 0.25) is 0 Å². The first kappa shape index (κ1) is 29.3. The van der Waals surface area contributed by atoms with Crippen LogP contribution in [0.5, 0.6) is 0 Å². The van der Waals surface area contributed by atoms with Crippen molar-refractivity contribution in [3.05, 3.63) is 190 Å². The normalized spacial score (nSPS) is 19.3. The van der Waals surface area contributed by atoms with Crippen LogP contribution in [0.2, 0.25) is 0 Å². The third-order valence-corrected chi connectivity index (χ3v) is 12.0. The van der Waals surface area contributed by atoms with Gasteiger partial charge in [-0.2, -0.15) is 0 Å². The molecular weight excluding hydrogens is 627 g/mol. The highest BCUT2D eigenvalue weighted by Gasteiger charge is 2.57. The minimum atomic E-state index is -0.333. The molecule has 0 saturated carbocycles. The molecule has 2 aliphatic carbocycles. The minimum Gasteiger partial charge on any atom is -0.208 e. The average molecular weight is 660 g/mol. The van der Waals surface area contributed by atoms with Crippen LogP contribution in [0, 0.1) is 19.8 Å². The number of hydrogen-bond acceptors (Lipinski definition) is 4. The van der Waals surface area contributed by atoms with Gasteiger partial charge in [0.1, 0.15) is 0 Å². The Morgan fingerprint density at radius 3 is 1.74 bits per heavy atom. The maximum absolute atomic E-state index is 5.11. The summed E-state index contributed by atoms with van der Waals surface area (Å²) in [7, 11) is 0. The van der Waals surface area contributed by atoms with Crippen molar-refractivity contribution in [1.29, 1.82) is 0 Å². The van der Waals surface area contributed by atoms with Gasteiger partial charge in [-0.25, -0.2) is 15.0 Å². The molecule has 3 atom stereocenters. The smallest absolute Gasteiger partial charge is 0.164 e. The largest absolute Gasteiger partial charge is 0.208 e. The zero-order chi connectivity index (χ0) is 33.4. The van der Waals surface area contributed by atoms with Gasteiger partial charge < -0.3 is 0 Å². The van der Waals surface area contributed by atoms with Crippen LogP contribution in [0.3, 0.4) is 0 Å². The number of benzene rings is 6. The van der Waals surface area contributed by atoms with Gasteiger partial charge in [-0.15, -0.1) is 0 Å². The Morgan fingerprint density at radius 2 is 1.04 bits per heavy atom. The summed E-state index contributed by atoms with van der Waals surface area (Å²) in [5.41, 5.74) is 13.3. The van der Waals surface area contributed by atoms with Crippen LogP contribution < -0.4 is 0 Å². The number of allylic oxidation sites excluding steroid dienone is 1. The SMILES string of the molecule is Cc1ccc(-c2nc(-c3ccc(C)cc3)nc(-c3ccc4c(c3)Sc3ccccc3C43c4ccccc4C4c5ccccc5C=CC43)n2)cc1. The highest BCUT2D eigenvalue weighted by molar-refractivity contribution is 7.99. The third-order valence-electron chi connectivity index (χ3n) is 10.8. The van der Waals surface area contributed by atoms with Crippen LogP contribution in [0.15, 0.2) is 155 Å². The van der Waals surface area contributed by atoms with Crippen LogP contribution in [0.1, 0.15) is 50.4 Å². The maximum Gasteiger partial charge on any atom is 0.164 e. The lowest BCUT2D eigenvalue weighted by atomic mass is 9.61. The van der Waals surface area contributed by atoms with E-state index in [1.54, 1.807) is 0 Å². The molecule has 4 heteroatoms. The van der Waals surface area contributed by atoms with Crippen LogP contribution in [-0.4, -0.2) is 15.0 Å². The van der Waals surface area contributed by atoms with Gasteiger partial charge >= 0.3 is 0 Å². The average Bonchev–Trinajstić information content (AvgIpc) is 3.46. The van der Waals surface area contributed by atoms with Gasteiger partial charge in [0.05, 0.1) is 5.41 Å².